The molecule has 0 aliphatic carbocycles. The summed E-state index contributed by atoms with van der Waals surface area (Å²) in [5, 5.41) is 3.18. The average molecular weight is 297 g/mol. The lowest BCUT2D eigenvalue weighted by Crippen LogP contribution is -2.36. The van der Waals surface area contributed by atoms with Crippen molar-refractivity contribution in [3.8, 4) is 5.75 Å². The number of carbonyl (C=O) groups is 2. The molecule has 1 rings (SSSR count). The van der Waals surface area contributed by atoms with E-state index < -0.39 is 31.2 Å². The Labute approximate surface area is 110 Å². The van der Waals surface area contributed by atoms with Crippen molar-refractivity contribution < 1.29 is 32.2 Å². The molecule has 0 aromatic carbocycles. The number of alkyl halides is 3. The van der Waals surface area contributed by atoms with E-state index in [-0.39, 0.29) is 10.6 Å². The van der Waals surface area contributed by atoms with Crippen LogP contribution < -0.4 is 10.1 Å². The van der Waals surface area contributed by atoms with E-state index in [4.69, 9.17) is 4.74 Å². The molecule has 1 N–H and O–H groups in total. The number of carbonyl (C=O) groups excluding carboxylic acids is 2. The second kappa shape index (κ2) is 6.41. The molecule has 0 radical (unpaired) electrons. The number of thiophene rings is 1. The van der Waals surface area contributed by atoms with Crippen LogP contribution in [0.2, 0.25) is 0 Å². The van der Waals surface area contributed by atoms with Crippen molar-refractivity contribution in [2.24, 2.45) is 0 Å². The van der Waals surface area contributed by atoms with Crippen molar-refractivity contribution in [1.82, 2.24) is 5.32 Å². The predicted molar refractivity (Wildman–Crippen MR) is 60.2 cm³/mol. The molecule has 1 amide bonds. The molecular weight excluding hydrogens is 287 g/mol. The van der Waals surface area contributed by atoms with Crippen molar-refractivity contribution in [3.63, 3.8) is 0 Å². The maximum absolute atomic E-state index is 11.8. The molecule has 9 heteroatoms. The van der Waals surface area contributed by atoms with Crippen LogP contribution in [-0.4, -0.2) is 38.3 Å². The van der Waals surface area contributed by atoms with Crippen molar-refractivity contribution in [2.75, 3.05) is 20.3 Å². The van der Waals surface area contributed by atoms with Crippen molar-refractivity contribution in [2.45, 2.75) is 6.18 Å². The summed E-state index contributed by atoms with van der Waals surface area (Å²) in [4.78, 5) is 22.5. The summed E-state index contributed by atoms with van der Waals surface area (Å²) in [5.41, 5.74) is 0. The Bertz CT molecular complexity index is 458. The van der Waals surface area contributed by atoms with E-state index in [1.165, 1.54) is 18.6 Å². The number of amides is 1. The van der Waals surface area contributed by atoms with Crippen LogP contribution in [0.3, 0.4) is 0 Å². The number of hydrogen-bond donors (Lipinski definition) is 1. The van der Waals surface area contributed by atoms with Gasteiger partial charge in [-0.1, -0.05) is 0 Å². The summed E-state index contributed by atoms with van der Waals surface area (Å²) >= 11 is 1.04. The standard InChI is InChI=1S/C10H10F3NO4S/c1-17-9(16)8-6(2-3-19-8)18-4-7(15)14-5-10(11,12)13/h2-3H,4-5H2,1H3,(H,14,15). The topological polar surface area (TPSA) is 64.6 Å². The first kappa shape index (κ1) is 15.3. The number of rotatable bonds is 5. The van der Waals surface area contributed by atoms with Gasteiger partial charge in [0, 0.05) is 0 Å². The zero-order valence-electron chi connectivity index (χ0n) is 9.74. The zero-order chi connectivity index (χ0) is 14.5. The van der Waals surface area contributed by atoms with Gasteiger partial charge in [-0.2, -0.15) is 13.2 Å². The van der Waals surface area contributed by atoms with Gasteiger partial charge in [0.1, 0.15) is 12.3 Å². The quantitative estimate of drug-likeness (QED) is 0.838. The molecule has 1 aromatic heterocycles. The number of ether oxygens (including phenoxy) is 2. The highest BCUT2D eigenvalue weighted by atomic mass is 32.1. The summed E-state index contributed by atoms with van der Waals surface area (Å²) in [5.74, 6) is -1.47. The summed E-state index contributed by atoms with van der Waals surface area (Å²) < 4.78 is 44.9. The minimum Gasteiger partial charge on any atom is -0.482 e. The number of hydrogen-bond acceptors (Lipinski definition) is 5. The third-order valence-electron chi connectivity index (χ3n) is 1.84. The molecule has 0 fully saturated rings. The van der Waals surface area contributed by atoms with Crippen molar-refractivity contribution in [3.05, 3.63) is 16.3 Å². The zero-order valence-corrected chi connectivity index (χ0v) is 10.6. The van der Waals surface area contributed by atoms with Crippen LogP contribution in [-0.2, 0) is 9.53 Å². The van der Waals surface area contributed by atoms with Gasteiger partial charge in [-0.25, -0.2) is 4.79 Å². The van der Waals surface area contributed by atoms with Gasteiger partial charge in [-0.15, -0.1) is 11.3 Å². The lowest BCUT2D eigenvalue weighted by atomic mass is 10.4. The van der Waals surface area contributed by atoms with E-state index in [9.17, 15) is 22.8 Å². The molecule has 0 unspecified atom stereocenters. The molecule has 0 saturated carbocycles. The Hall–Kier alpha value is -1.77. The van der Waals surface area contributed by atoms with Gasteiger partial charge in [0.05, 0.1) is 7.11 Å². The fourth-order valence-corrected chi connectivity index (χ4v) is 1.80. The maximum Gasteiger partial charge on any atom is 0.405 e. The molecule has 0 aliphatic heterocycles. The fraction of sp³-hybridized carbons (Fsp3) is 0.400. The summed E-state index contributed by atoms with van der Waals surface area (Å²) in [6.45, 7) is -2.04. The molecular formula is C10H10F3NO4S. The van der Waals surface area contributed by atoms with Crippen molar-refractivity contribution >= 4 is 23.2 Å². The SMILES string of the molecule is COC(=O)c1sccc1OCC(=O)NCC(F)(F)F. The molecule has 1 heterocycles. The first-order chi connectivity index (χ1) is 8.83. The first-order valence-corrected chi connectivity index (χ1v) is 5.83. The number of nitrogens with one attached hydrogen (secondary N) is 1. The number of esters is 1. The maximum atomic E-state index is 11.8. The van der Waals surface area contributed by atoms with E-state index in [2.05, 4.69) is 4.74 Å². The van der Waals surface area contributed by atoms with Crippen LogP contribution in [0.5, 0.6) is 5.75 Å². The van der Waals surface area contributed by atoms with Crippen molar-refractivity contribution in [1.29, 1.82) is 0 Å². The Balaban J connectivity index is 2.47. The van der Waals surface area contributed by atoms with Gasteiger partial charge in [0.2, 0.25) is 0 Å². The average Bonchev–Trinajstić information content (AvgIpc) is 2.80. The second-order valence-electron chi connectivity index (χ2n) is 3.29. The van der Waals surface area contributed by atoms with Gasteiger partial charge in [-0.3, -0.25) is 4.79 Å². The molecule has 0 saturated heterocycles. The smallest absolute Gasteiger partial charge is 0.405 e. The summed E-state index contributed by atoms with van der Waals surface area (Å²) in [7, 11) is 1.18. The lowest BCUT2D eigenvalue weighted by molar-refractivity contribution is -0.139. The van der Waals surface area contributed by atoms with Crippen LogP contribution in [0.4, 0.5) is 13.2 Å². The molecule has 0 atom stereocenters. The first-order valence-electron chi connectivity index (χ1n) is 4.95. The lowest BCUT2D eigenvalue weighted by Gasteiger charge is -2.09. The predicted octanol–water partition coefficient (Wildman–Crippen LogP) is 1.59. The Kier molecular flexibility index (Phi) is 5.16. The Morgan fingerprint density at radius 2 is 2.11 bits per heavy atom. The van der Waals surface area contributed by atoms with E-state index in [1.54, 1.807) is 5.32 Å². The summed E-state index contributed by atoms with van der Waals surface area (Å²) in [6, 6.07) is 1.42. The molecule has 0 aliphatic rings. The van der Waals surface area contributed by atoms with Crippen LogP contribution >= 0.6 is 11.3 Å². The highest BCUT2D eigenvalue weighted by Crippen LogP contribution is 2.25. The fourth-order valence-electron chi connectivity index (χ4n) is 1.05. The van der Waals surface area contributed by atoms with Crippen LogP contribution in [0.25, 0.3) is 0 Å². The molecule has 106 valence electrons. The molecule has 19 heavy (non-hydrogen) atoms. The summed E-state index contributed by atoms with van der Waals surface area (Å²) in [6.07, 6.45) is -4.48. The molecule has 0 bridgehead atoms. The second-order valence-corrected chi connectivity index (χ2v) is 4.20. The molecule has 0 spiro atoms. The van der Waals surface area contributed by atoms with E-state index in [0.29, 0.717) is 0 Å². The normalized spacial score (nSPS) is 10.9. The minimum atomic E-state index is -4.48. The van der Waals surface area contributed by atoms with Crippen LogP contribution in [0, 0.1) is 0 Å². The van der Waals surface area contributed by atoms with Crippen LogP contribution in [0.1, 0.15) is 9.67 Å². The minimum absolute atomic E-state index is 0.0963. The highest BCUT2D eigenvalue weighted by Gasteiger charge is 2.27. The van der Waals surface area contributed by atoms with Gasteiger partial charge in [0.25, 0.3) is 5.91 Å². The number of methoxy groups -OCH3 is 1. The Morgan fingerprint density at radius 1 is 1.42 bits per heavy atom. The highest BCUT2D eigenvalue weighted by molar-refractivity contribution is 7.12. The van der Waals surface area contributed by atoms with Gasteiger partial charge < -0.3 is 14.8 Å². The third kappa shape index (κ3) is 5.16. The largest absolute Gasteiger partial charge is 0.482 e. The van der Waals surface area contributed by atoms with Gasteiger partial charge >= 0.3 is 12.1 Å². The van der Waals surface area contributed by atoms with Gasteiger partial charge in [-0.05, 0) is 11.4 Å². The molecule has 1 aromatic rings. The van der Waals surface area contributed by atoms with E-state index in [0.717, 1.165) is 11.3 Å². The van der Waals surface area contributed by atoms with Gasteiger partial charge in [0.15, 0.2) is 11.5 Å². The van der Waals surface area contributed by atoms with E-state index >= 15 is 0 Å². The monoisotopic (exact) mass is 297 g/mol. The van der Waals surface area contributed by atoms with Crippen LogP contribution in [0.15, 0.2) is 11.4 Å². The molecule has 5 nitrogen and oxygen atoms in total. The Morgan fingerprint density at radius 3 is 2.68 bits per heavy atom. The number of halogens is 3. The van der Waals surface area contributed by atoms with E-state index in [1.807, 2.05) is 0 Å². The third-order valence-corrected chi connectivity index (χ3v) is 2.72.